The first-order valence-corrected chi connectivity index (χ1v) is 7.89. The van der Waals surface area contributed by atoms with Crippen LogP contribution in [0.15, 0.2) is 18.2 Å². The summed E-state index contributed by atoms with van der Waals surface area (Å²) in [5.74, 6) is 0. The molecule has 0 radical (unpaired) electrons. The van der Waals surface area contributed by atoms with Crippen LogP contribution in [0.2, 0.25) is 10.0 Å². The van der Waals surface area contributed by atoms with Gasteiger partial charge in [0.05, 0.1) is 0 Å². The second kappa shape index (κ2) is 6.47. The summed E-state index contributed by atoms with van der Waals surface area (Å²) in [6.45, 7) is 5.81. The smallest absolute Gasteiger partial charge is 0.0452 e. The number of hydrogen-bond donors (Lipinski definition) is 1. The Morgan fingerprint density at radius 3 is 2.58 bits per heavy atom. The Morgan fingerprint density at radius 1 is 1.21 bits per heavy atom. The van der Waals surface area contributed by atoms with Crippen molar-refractivity contribution in [3.8, 4) is 0 Å². The van der Waals surface area contributed by atoms with Crippen molar-refractivity contribution in [1.82, 2.24) is 5.32 Å². The Morgan fingerprint density at radius 2 is 1.95 bits per heavy atom. The number of halogens is 2. The molecule has 1 aliphatic rings. The molecule has 1 aromatic carbocycles. The van der Waals surface area contributed by atoms with Crippen LogP contribution in [0.3, 0.4) is 0 Å². The van der Waals surface area contributed by atoms with Crippen LogP contribution in [0.5, 0.6) is 0 Å². The van der Waals surface area contributed by atoms with Gasteiger partial charge in [-0.3, -0.25) is 0 Å². The van der Waals surface area contributed by atoms with Crippen LogP contribution in [0.4, 0.5) is 0 Å². The van der Waals surface area contributed by atoms with Gasteiger partial charge in [0.25, 0.3) is 0 Å². The maximum Gasteiger partial charge on any atom is 0.0452 e. The molecule has 19 heavy (non-hydrogen) atoms. The standard InChI is InChI=1S/C16H23Cl2N/c1-16(2,9-10-19-14-5-6-14)8-7-12-3-4-13(17)11-15(12)18/h3-4,11,14,19H,5-10H2,1-2H3. The van der Waals surface area contributed by atoms with Crippen LogP contribution < -0.4 is 5.32 Å². The number of aryl methyl sites for hydroxylation is 1. The van der Waals surface area contributed by atoms with E-state index in [1.165, 1.54) is 24.8 Å². The second-order valence-electron chi connectivity index (χ2n) is 6.38. The summed E-state index contributed by atoms with van der Waals surface area (Å²) >= 11 is 12.1. The van der Waals surface area contributed by atoms with Crippen molar-refractivity contribution in [3.63, 3.8) is 0 Å². The third-order valence-electron chi connectivity index (χ3n) is 3.90. The number of benzene rings is 1. The third kappa shape index (κ3) is 5.33. The first-order valence-electron chi connectivity index (χ1n) is 7.14. The van der Waals surface area contributed by atoms with Crippen molar-refractivity contribution in [2.45, 2.75) is 52.0 Å². The summed E-state index contributed by atoms with van der Waals surface area (Å²) in [6, 6.07) is 6.61. The van der Waals surface area contributed by atoms with E-state index in [1.807, 2.05) is 18.2 Å². The topological polar surface area (TPSA) is 12.0 Å². The van der Waals surface area contributed by atoms with Crippen molar-refractivity contribution >= 4 is 23.2 Å². The van der Waals surface area contributed by atoms with Crippen LogP contribution in [-0.2, 0) is 6.42 Å². The van der Waals surface area contributed by atoms with Gasteiger partial charge in [-0.05, 0) is 61.8 Å². The van der Waals surface area contributed by atoms with Gasteiger partial charge in [0.1, 0.15) is 0 Å². The van der Waals surface area contributed by atoms with Gasteiger partial charge in [0.2, 0.25) is 0 Å². The quantitative estimate of drug-likeness (QED) is 0.739. The first kappa shape index (κ1) is 15.2. The third-order valence-corrected chi connectivity index (χ3v) is 4.49. The molecule has 0 atom stereocenters. The lowest BCUT2D eigenvalue weighted by Crippen LogP contribution is -2.24. The highest BCUT2D eigenvalue weighted by Gasteiger charge is 2.22. The fraction of sp³-hybridized carbons (Fsp3) is 0.625. The maximum absolute atomic E-state index is 6.22. The van der Waals surface area contributed by atoms with Crippen LogP contribution in [0.25, 0.3) is 0 Å². The Balaban J connectivity index is 1.78. The summed E-state index contributed by atoms with van der Waals surface area (Å²) < 4.78 is 0. The van der Waals surface area contributed by atoms with Crippen LogP contribution in [-0.4, -0.2) is 12.6 Å². The lowest BCUT2D eigenvalue weighted by molar-refractivity contribution is 0.302. The van der Waals surface area contributed by atoms with Gasteiger partial charge in [-0.2, -0.15) is 0 Å². The van der Waals surface area contributed by atoms with Crippen molar-refractivity contribution in [2.24, 2.45) is 5.41 Å². The van der Waals surface area contributed by atoms with Gasteiger partial charge in [-0.1, -0.05) is 43.1 Å². The summed E-state index contributed by atoms with van der Waals surface area (Å²) in [6.07, 6.45) is 6.11. The molecule has 0 saturated heterocycles. The minimum Gasteiger partial charge on any atom is -0.314 e. The second-order valence-corrected chi connectivity index (χ2v) is 7.22. The number of hydrogen-bond acceptors (Lipinski definition) is 1. The molecule has 106 valence electrons. The lowest BCUT2D eigenvalue weighted by Gasteiger charge is -2.25. The zero-order chi connectivity index (χ0) is 13.9. The molecule has 0 aliphatic heterocycles. The van der Waals surface area contributed by atoms with Gasteiger partial charge in [-0.25, -0.2) is 0 Å². The summed E-state index contributed by atoms with van der Waals surface area (Å²) in [4.78, 5) is 0. The molecular formula is C16H23Cl2N. The van der Waals surface area contributed by atoms with E-state index >= 15 is 0 Å². The van der Waals surface area contributed by atoms with Gasteiger partial charge in [0.15, 0.2) is 0 Å². The fourth-order valence-corrected chi connectivity index (χ4v) is 2.73. The lowest BCUT2D eigenvalue weighted by atomic mass is 9.83. The molecular weight excluding hydrogens is 277 g/mol. The molecule has 1 N–H and O–H groups in total. The van der Waals surface area contributed by atoms with E-state index in [0.717, 1.165) is 30.5 Å². The zero-order valence-electron chi connectivity index (χ0n) is 11.8. The van der Waals surface area contributed by atoms with Crippen molar-refractivity contribution in [1.29, 1.82) is 0 Å². The van der Waals surface area contributed by atoms with E-state index < -0.39 is 0 Å². The number of nitrogens with one attached hydrogen (secondary N) is 1. The molecule has 0 heterocycles. The van der Waals surface area contributed by atoms with E-state index in [1.54, 1.807) is 0 Å². The monoisotopic (exact) mass is 299 g/mol. The Hall–Kier alpha value is -0.240. The average molecular weight is 300 g/mol. The molecule has 0 unspecified atom stereocenters. The van der Waals surface area contributed by atoms with Gasteiger partial charge < -0.3 is 5.32 Å². The molecule has 0 amide bonds. The molecule has 0 bridgehead atoms. The molecule has 1 nitrogen and oxygen atoms in total. The van der Waals surface area contributed by atoms with E-state index in [-0.39, 0.29) is 0 Å². The Bertz CT molecular complexity index is 425. The largest absolute Gasteiger partial charge is 0.314 e. The maximum atomic E-state index is 6.22. The SMILES string of the molecule is CC(C)(CCNC1CC1)CCc1ccc(Cl)cc1Cl. The molecule has 3 heteroatoms. The minimum atomic E-state index is 0.352. The summed E-state index contributed by atoms with van der Waals surface area (Å²) in [5.41, 5.74) is 1.56. The van der Waals surface area contributed by atoms with Gasteiger partial charge >= 0.3 is 0 Å². The van der Waals surface area contributed by atoms with E-state index in [4.69, 9.17) is 23.2 Å². The molecule has 1 saturated carbocycles. The van der Waals surface area contributed by atoms with Crippen LogP contribution in [0.1, 0.15) is 45.1 Å². The molecule has 1 fully saturated rings. The molecule has 2 rings (SSSR count). The predicted molar refractivity (Wildman–Crippen MR) is 84.2 cm³/mol. The van der Waals surface area contributed by atoms with E-state index in [9.17, 15) is 0 Å². The van der Waals surface area contributed by atoms with Crippen molar-refractivity contribution < 1.29 is 0 Å². The van der Waals surface area contributed by atoms with Crippen molar-refractivity contribution in [3.05, 3.63) is 33.8 Å². The normalized spacial score (nSPS) is 15.8. The minimum absolute atomic E-state index is 0.352. The first-order chi connectivity index (χ1) is 8.96. The van der Waals surface area contributed by atoms with Gasteiger partial charge in [0, 0.05) is 16.1 Å². The average Bonchev–Trinajstić information content (AvgIpc) is 3.11. The van der Waals surface area contributed by atoms with Crippen molar-refractivity contribution in [2.75, 3.05) is 6.54 Å². The highest BCUT2D eigenvalue weighted by molar-refractivity contribution is 6.35. The van der Waals surface area contributed by atoms with E-state index in [2.05, 4.69) is 19.2 Å². The molecule has 1 aromatic rings. The summed E-state index contributed by atoms with van der Waals surface area (Å²) in [5, 5.41) is 5.09. The fourth-order valence-electron chi connectivity index (χ4n) is 2.22. The van der Waals surface area contributed by atoms with Crippen LogP contribution in [0, 0.1) is 5.41 Å². The highest BCUT2D eigenvalue weighted by Crippen LogP contribution is 2.30. The Labute approximate surface area is 126 Å². The summed E-state index contributed by atoms with van der Waals surface area (Å²) in [7, 11) is 0. The Kier molecular flexibility index (Phi) is 5.16. The molecule has 0 aromatic heterocycles. The zero-order valence-corrected chi connectivity index (χ0v) is 13.3. The molecule has 1 aliphatic carbocycles. The highest BCUT2D eigenvalue weighted by atomic mass is 35.5. The van der Waals surface area contributed by atoms with E-state index in [0.29, 0.717) is 10.4 Å². The predicted octanol–water partition coefficient (Wildman–Crippen LogP) is 5.09. The van der Waals surface area contributed by atoms with Crippen LogP contribution >= 0.6 is 23.2 Å². The molecule has 0 spiro atoms. The number of rotatable bonds is 7. The van der Waals surface area contributed by atoms with Gasteiger partial charge in [-0.15, -0.1) is 0 Å².